The molecule has 23 heavy (non-hydrogen) atoms. The van der Waals surface area contributed by atoms with Crippen LogP contribution in [-0.2, 0) is 17.1 Å². The van der Waals surface area contributed by atoms with Gasteiger partial charge in [0.15, 0.2) is 0 Å². The third kappa shape index (κ3) is 5.99. The van der Waals surface area contributed by atoms with Gasteiger partial charge in [-0.15, -0.1) is 23.1 Å². The van der Waals surface area contributed by atoms with E-state index >= 15 is 0 Å². The highest BCUT2D eigenvalue weighted by atomic mass is 35.5. The van der Waals surface area contributed by atoms with E-state index in [4.69, 9.17) is 23.2 Å². The number of thioether (sulfide) groups is 1. The molecule has 3 nitrogen and oxygen atoms in total. The molecule has 0 spiro atoms. The molecule has 1 aromatic carbocycles. The molecule has 1 N–H and O–H groups in total. The number of carbonyl (C=O) groups excluding carboxylic acids is 1. The maximum atomic E-state index is 11.9. The highest BCUT2D eigenvalue weighted by molar-refractivity contribution is 7.99. The van der Waals surface area contributed by atoms with Crippen molar-refractivity contribution in [2.24, 2.45) is 0 Å². The highest BCUT2D eigenvalue weighted by Crippen LogP contribution is 2.24. The lowest BCUT2D eigenvalue weighted by atomic mass is 10.2. The number of nitrogens with one attached hydrogen (secondary N) is 1. The fraction of sp³-hybridized carbons (Fsp3) is 0.375. The van der Waals surface area contributed by atoms with E-state index in [1.165, 1.54) is 11.8 Å². The van der Waals surface area contributed by atoms with E-state index in [2.05, 4.69) is 24.1 Å². The van der Waals surface area contributed by atoms with Crippen molar-refractivity contribution in [1.82, 2.24) is 10.3 Å². The second kappa shape index (κ2) is 8.92. The van der Waals surface area contributed by atoms with Gasteiger partial charge in [0, 0.05) is 27.1 Å². The van der Waals surface area contributed by atoms with Gasteiger partial charge < -0.3 is 5.32 Å². The molecule has 0 saturated heterocycles. The maximum absolute atomic E-state index is 11.9. The van der Waals surface area contributed by atoms with Crippen LogP contribution in [0.5, 0.6) is 0 Å². The molecule has 0 bridgehead atoms. The number of benzene rings is 1. The lowest BCUT2D eigenvalue weighted by Crippen LogP contribution is -2.24. The molecule has 7 heteroatoms. The van der Waals surface area contributed by atoms with Gasteiger partial charge in [-0.3, -0.25) is 4.79 Å². The van der Waals surface area contributed by atoms with Crippen molar-refractivity contribution < 1.29 is 4.79 Å². The summed E-state index contributed by atoms with van der Waals surface area (Å²) in [5, 5.41) is 7.24. The lowest BCUT2D eigenvalue weighted by molar-refractivity contribution is -0.118. The summed E-state index contributed by atoms with van der Waals surface area (Å²) in [6.07, 6.45) is 0. The molecule has 0 aliphatic heterocycles. The van der Waals surface area contributed by atoms with Gasteiger partial charge in [0.25, 0.3) is 0 Å². The standard InChI is InChI=1S/C16H18Cl2N2OS2/c1-10(2)16-20-13(8-23-16)6-19-15(21)9-22-7-11-3-4-12(17)5-14(11)18/h3-5,8,10H,6-7,9H2,1-2H3,(H,19,21). The van der Waals surface area contributed by atoms with Crippen LogP contribution in [-0.4, -0.2) is 16.6 Å². The minimum absolute atomic E-state index is 0.000757. The van der Waals surface area contributed by atoms with Crippen molar-refractivity contribution in [3.63, 3.8) is 0 Å². The monoisotopic (exact) mass is 388 g/mol. The van der Waals surface area contributed by atoms with Crippen LogP contribution < -0.4 is 5.32 Å². The number of nitrogens with zero attached hydrogens (tertiary/aromatic N) is 1. The molecule has 1 amide bonds. The molecular formula is C16H18Cl2N2OS2. The molecule has 2 aromatic rings. The second-order valence-corrected chi connectivity index (χ2v) is 8.06. The number of thiazole rings is 1. The number of hydrogen-bond acceptors (Lipinski definition) is 4. The van der Waals surface area contributed by atoms with Gasteiger partial charge >= 0.3 is 0 Å². The largest absolute Gasteiger partial charge is 0.350 e. The SMILES string of the molecule is CC(C)c1nc(CNC(=O)CSCc2ccc(Cl)cc2Cl)cs1. The van der Waals surface area contributed by atoms with Gasteiger partial charge in [0.2, 0.25) is 5.91 Å². The number of rotatable bonds is 7. The Bertz CT molecular complexity index is 674. The van der Waals surface area contributed by atoms with Gasteiger partial charge in [-0.2, -0.15) is 0 Å². The summed E-state index contributed by atoms with van der Waals surface area (Å²) in [5.41, 5.74) is 1.90. The minimum Gasteiger partial charge on any atom is -0.350 e. The molecular weight excluding hydrogens is 371 g/mol. The van der Waals surface area contributed by atoms with Gasteiger partial charge in [-0.05, 0) is 17.7 Å². The Morgan fingerprint density at radius 3 is 2.83 bits per heavy atom. The first-order valence-electron chi connectivity index (χ1n) is 7.18. The Labute approximate surface area is 154 Å². The number of aromatic nitrogens is 1. The smallest absolute Gasteiger partial charge is 0.230 e. The predicted octanol–water partition coefficient (Wildman–Crippen LogP) is 5.12. The molecule has 124 valence electrons. The first-order valence-corrected chi connectivity index (χ1v) is 9.97. The molecule has 0 saturated carbocycles. The van der Waals surface area contributed by atoms with Gasteiger partial charge in [-0.1, -0.05) is 43.1 Å². The van der Waals surface area contributed by atoms with Crippen molar-refractivity contribution in [3.8, 4) is 0 Å². The molecule has 1 heterocycles. The van der Waals surface area contributed by atoms with E-state index in [0.29, 0.717) is 34.0 Å². The molecule has 0 unspecified atom stereocenters. The minimum atomic E-state index is -0.000757. The molecule has 2 rings (SSSR count). The zero-order valence-corrected chi connectivity index (χ0v) is 16.1. The van der Waals surface area contributed by atoms with Crippen LogP contribution in [0.2, 0.25) is 10.0 Å². The van der Waals surface area contributed by atoms with E-state index in [0.717, 1.165) is 16.3 Å². The van der Waals surface area contributed by atoms with E-state index in [9.17, 15) is 4.79 Å². The third-order valence-corrected chi connectivity index (χ3v) is 5.80. The molecule has 0 aliphatic rings. The second-order valence-electron chi connectivity index (χ2n) is 5.34. The quantitative estimate of drug-likeness (QED) is 0.714. The Kier molecular flexibility index (Phi) is 7.21. The summed E-state index contributed by atoms with van der Waals surface area (Å²) in [6.45, 7) is 4.70. The average Bonchev–Trinajstić information content (AvgIpc) is 2.96. The fourth-order valence-electron chi connectivity index (χ4n) is 1.80. The molecule has 0 aliphatic carbocycles. The van der Waals surface area contributed by atoms with Crippen LogP contribution in [0.3, 0.4) is 0 Å². The topological polar surface area (TPSA) is 42.0 Å². The van der Waals surface area contributed by atoms with Crippen molar-refractivity contribution >= 4 is 52.2 Å². The number of hydrogen-bond donors (Lipinski definition) is 1. The summed E-state index contributed by atoms with van der Waals surface area (Å²) in [6, 6.07) is 5.41. The van der Waals surface area contributed by atoms with Crippen LogP contribution in [0.4, 0.5) is 0 Å². The van der Waals surface area contributed by atoms with Crippen LogP contribution in [0.15, 0.2) is 23.6 Å². The summed E-state index contributed by atoms with van der Waals surface area (Å²) in [4.78, 5) is 16.4. The lowest BCUT2D eigenvalue weighted by Gasteiger charge is -2.06. The normalized spacial score (nSPS) is 11.0. The van der Waals surface area contributed by atoms with Crippen molar-refractivity contribution in [2.45, 2.75) is 32.1 Å². The number of halogens is 2. The number of carbonyl (C=O) groups is 1. The Morgan fingerprint density at radius 2 is 2.17 bits per heavy atom. The first kappa shape index (κ1) is 18.6. The van der Waals surface area contributed by atoms with Gasteiger partial charge in [-0.25, -0.2) is 4.98 Å². The first-order chi connectivity index (χ1) is 11.0. The van der Waals surface area contributed by atoms with Crippen molar-refractivity contribution in [3.05, 3.63) is 49.9 Å². The Balaban J connectivity index is 1.72. The van der Waals surface area contributed by atoms with Crippen LogP contribution in [0.25, 0.3) is 0 Å². The summed E-state index contributed by atoms with van der Waals surface area (Å²) >= 11 is 15.1. The molecule has 0 fully saturated rings. The maximum Gasteiger partial charge on any atom is 0.230 e. The van der Waals surface area contributed by atoms with Crippen molar-refractivity contribution in [2.75, 3.05) is 5.75 Å². The highest BCUT2D eigenvalue weighted by Gasteiger charge is 2.08. The predicted molar refractivity (Wildman–Crippen MR) is 101 cm³/mol. The van der Waals surface area contributed by atoms with Gasteiger partial charge in [0.05, 0.1) is 23.0 Å². The Morgan fingerprint density at radius 1 is 1.39 bits per heavy atom. The zero-order valence-electron chi connectivity index (χ0n) is 12.9. The summed E-state index contributed by atoms with van der Waals surface area (Å²) < 4.78 is 0. The van der Waals surface area contributed by atoms with Crippen LogP contribution >= 0.6 is 46.3 Å². The number of amides is 1. The summed E-state index contributed by atoms with van der Waals surface area (Å²) in [5.74, 6) is 1.49. The van der Waals surface area contributed by atoms with E-state index in [1.807, 2.05) is 11.4 Å². The van der Waals surface area contributed by atoms with E-state index in [-0.39, 0.29) is 5.91 Å². The average molecular weight is 389 g/mol. The Hall–Kier alpha value is -0.750. The van der Waals surface area contributed by atoms with Crippen molar-refractivity contribution in [1.29, 1.82) is 0 Å². The van der Waals surface area contributed by atoms with Gasteiger partial charge in [0.1, 0.15) is 0 Å². The molecule has 0 atom stereocenters. The van der Waals surface area contributed by atoms with Crippen LogP contribution in [0, 0.1) is 0 Å². The van der Waals surface area contributed by atoms with E-state index < -0.39 is 0 Å². The summed E-state index contributed by atoms with van der Waals surface area (Å²) in [7, 11) is 0. The van der Waals surface area contributed by atoms with Crippen LogP contribution in [0.1, 0.15) is 36.0 Å². The third-order valence-electron chi connectivity index (χ3n) is 3.04. The fourth-order valence-corrected chi connectivity index (χ4v) is 4.05. The molecule has 0 radical (unpaired) electrons. The molecule has 1 aromatic heterocycles. The zero-order chi connectivity index (χ0) is 16.8. The van der Waals surface area contributed by atoms with E-state index in [1.54, 1.807) is 23.5 Å².